The minimum absolute atomic E-state index is 0.101. The summed E-state index contributed by atoms with van der Waals surface area (Å²) in [5.41, 5.74) is 12.8. The first-order chi connectivity index (χ1) is 14.7. The van der Waals surface area contributed by atoms with Crippen molar-refractivity contribution in [3.63, 3.8) is 0 Å². The Balaban J connectivity index is 1.71. The van der Waals surface area contributed by atoms with E-state index in [2.05, 4.69) is 38.0 Å². The van der Waals surface area contributed by atoms with E-state index in [0.717, 1.165) is 40.1 Å². The molecule has 2 fully saturated rings. The Morgan fingerprint density at radius 2 is 1.74 bits per heavy atom. The monoisotopic (exact) mass is 482 g/mol. The highest BCUT2D eigenvalue weighted by atomic mass is 79.9. The molecule has 2 bridgehead atoms. The van der Waals surface area contributed by atoms with Gasteiger partial charge >= 0.3 is 0 Å². The number of amides is 2. The van der Waals surface area contributed by atoms with E-state index in [9.17, 15) is 9.59 Å². The number of nitrogens with one attached hydrogen (secondary N) is 1. The van der Waals surface area contributed by atoms with Crippen molar-refractivity contribution in [2.75, 3.05) is 0 Å². The Labute approximate surface area is 190 Å². The second-order valence-electron chi connectivity index (χ2n) is 9.48. The lowest BCUT2D eigenvalue weighted by atomic mass is 9.52. The highest BCUT2D eigenvalue weighted by Crippen LogP contribution is 2.80. The number of imidazole rings is 1. The topological polar surface area (TPSA) is 115 Å². The molecule has 1 aromatic carbocycles. The molecule has 7 heteroatoms. The molecule has 3 aliphatic rings. The Bertz CT molecular complexity index is 1100. The fraction of sp³-hybridized carbons (Fsp3) is 0.458. The van der Waals surface area contributed by atoms with Crippen LogP contribution in [0.15, 0.2) is 40.9 Å². The minimum atomic E-state index is -1.17. The number of hydrogen-bond acceptors (Lipinski definition) is 3. The summed E-state index contributed by atoms with van der Waals surface area (Å²) in [6.45, 7) is 3.93. The Hall–Kier alpha value is -2.41. The zero-order valence-corrected chi connectivity index (χ0v) is 19.3. The second-order valence-corrected chi connectivity index (χ2v) is 10.4. The van der Waals surface area contributed by atoms with Gasteiger partial charge in [0.15, 0.2) is 0 Å². The molecular formula is C24H27BrN4O2. The van der Waals surface area contributed by atoms with Crippen LogP contribution >= 0.6 is 15.9 Å². The van der Waals surface area contributed by atoms with E-state index in [1.165, 1.54) is 0 Å². The summed E-state index contributed by atoms with van der Waals surface area (Å²) >= 11 is 3.48. The van der Waals surface area contributed by atoms with Gasteiger partial charge in [0.25, 0.3) is 0 Å². The van der Waals surface area contributed by atoms with Crippen molar-refractivity contribution in [1.82, 2.24) is 9.97 Å². The average molecular weight is 483 g/mol. The number of aromatic amines is 1. The van der Waals surface area contributed by atoms with E-state index in [1.54, 1.807) is 0 Å². The van der Waals surface area contributed by atoms with Crippen molar-refractivity contribution >= 4 is 27.7 Å². The molecule has 0 saturated heterocycles. The molecule has 0 aliphatic heterocycles. The Morgan fingerprint density at radius 1 is 1.10 bits per heavy atom. The van der Waals surface area contributed by atoms with Crippen LogP contribution in [0.4, 0.5) is 0 Å². The number of aryl methyl sites for hydroxylation is 3. The molecule has 1 heterocycles. The van der Waals surface area contributed by atoms with Gasteiger partial charge in [0.05, 0.1) is 16.5 Å². The first-order valence-electron chi connectivity index (χ1n) is 10.8. The number of hydrogen-bond donors (Lipinski definition) is 3. The molecule has 0 radical (unpaired) electrons. The van der Waals surface area contributed by atoms with Crippen molar-refractivity contribution in [2.45, 2.75) is 44.9 Å². The average Bonchev–Trinajstić information content (AvgIpc) is 3.28. The predicted molar refractivity (Wildman–Crippen MR) is 121 cm³/mol. The molecule has 2 aromatic rings. The van der Waals surface area contributed by atoms with Crippen LogP contribution in [0.2, 0.25) is 0 Å². The molecule has 1 aromatic heterocycles. The summed E-state index contributed by atoms with van der Waals surface area (Å²) < 4.78 is 0.905. The van der Waals surface area contributed by atoms with Gasteiger partial charge in [-0.1, -0.05) is 40.2 Å². The third-order valence-corrected chi connectivity index (χ3v) is 8.85. The first-order valence-corrected chi connectivity index (χ1v) is 11.6. The fourth-order valence-electron chi connectivity index (χ4n) is 6.86. The Kier molecular flexibility index (Phi) is 4.33. The summed E-state index contributed by atoms with van der Waals surface area (Å²) in [7, 11) is 0. The number of carbonyl (C=O) groups excluding carboxylic acids is 2. The molecule has 5 rings (SSSR count). The number of H-pyrrole nitrogens is 1. The summed E-state index contributed by atoms with van der Waals surface area (Å²) in [6, 6.07) is 7.64. The fourth-order valence-corrected chi connectivity index (χ4v) is 7.13. The lowest BCUT2D eigenvalue weighted by molar-refractivity contribution is -0.143. The number of carbonyl (C=O) groups is 2. The van der Waals surface area contributed by atoms with Crippen LogP contribution < -0.4 is 11.5 Å². The maximum absolute atomic E-state index is 13.4. The van der Waals surface area contributed by atoms with Crippen LogP contribution in [-0.2, 0) is 21.4 Å². The molecule has 162 valence electrons. The largest absolute Gasteiger partial charge is 0.369 e. The van der Waals surface area contributed by atoms with Gasteiger partial charge in [-0.3, -0.25) is 9.59 Å². The summed E-state index contributed by atoms with van der Waals surface area (Å²) in [4.78, 5) is 34.8. The van der Waals surface area contributed by atoms with Gasteiger partial charge < -0.3 is 16.5 Å². The van der Waals surface area contributed by atoms with Crippen LogP contribution in [0.5, 0.6) is 0 Å². The number of primary amides is 2. The van der Waals surface area contributed by atoms with E-state index < -0.39 is 22.6 Å². The van der Waals surface area contributed by atoms with E-state index in [0.29, 0.717) is 12.8 Å². The zero-order chi connectivity index (χ0) is 22.2. The van der Waals surface area contributed by atoms with Crippen molar-refractivity contribution in [3.05, 3.63) is 63.7 Å². The van der Waals surface area contributed by atoms with E-state index in [-0.39, 0.29) is 17.3 Å². The van der Waals surface area contributed by atoms with Gasteiger partial charge in [-0.15, -0.1) is 0 Å². The van der Waals surface area contributed by atoms with Crippen molar-refractivity contribution in [1.29, 1.82) is 0 Å². The zero-order valence-electron chi connectivity index (χ0n) is 17.7. The van der Waals surface area contributed by atoms with Crippen molar-refractivity contribution in [3.8, 4) is 0 Å². The molecule has 1 spiro atoms. The second kappa shape index (κ2) is 6.55. The Morgan fingerprint density at radius 3 is 2.26 bits per heavy atom. The van der Waals surface area contributed by atoms with Gasteiger partial charge in [-0.2, -0.15) is 0 Å². The van der Waals surface area contributed by atoms with Crippen LogP contribution in [-0.4, -0.2) is 21.8 Å². The van der Waals surface area contributed by atoms with Gasteiger partial charge in [0.2, 0.25) is 11.8 Å². The summed E-state index contributed by atoms with van der Waals surface area (Å²) in [5, 5.41) is 0. The quantitative estimate of drug-likeness (QED) is 0.548. The van der Waals surface area contributed by atoms with Crippen LogP contribution in [0.25, 0.3) is 0 Å². The van der Waals surface area contributed by atoms with Crippen LogP contribution in [0.3, 0.4) is 0 Å². The molecule has 3 aliphatic carbocycles. The lowest BCUT2D eigenvalue weighted by Crippen LogP contribution is -2.62. The summed E-state index contributed by atoms with van der Waals surface area (Å²) in [5.74, 6) is -0.339. The number of rotatable bonds is 6. The third-order valence-electron chi connectivity index (χ3n) is 8.32. The smallest absolute Gasteiger partial charge is 0.229 e. The number of benzene rings is 1. The SMILES string of the molecule is Cc1nc(CC[C@@]2(C(N)=O)[C@@H]3C=C[C@@H](C34CC4)[C@@]2(C(N)=O)c2ccc(Br)cc2)[nH]c1C. The van der Waals surface area contributed by atoms with E-state index >= 15 is 0 Å². The summed E-state index contributed by atoms with van der Waals surface area (Å²) in [6.07, 6.45) is 7.15. The van der Waals surface area contributed by atoms with Crippen LogP contribution in [0.1, 0.15) is 42.0 Å². The van der Waals surface area contributed by atoms with Crippen molar-refractivity contribution < 1.29 is 9.59 Å². The number of halogens is 1. The maximum Gasteiger partial charge on any atom is 0.229 e. The molecule has 2 amide bonds. The maximum atomic E-state index is 13.4. The lowest BCUT2D eigenvalue weighted by Gasteiger charge is -2.48. The highest BCUT2D eigenvalue weighted by Gasteiger charge is 2.82. The van der Waals surface area contributed by atoms with E-state index in [1.807, 2.05) is 38.1 Å². The molecule has 5 N–H and O–H groups in total. The number of nitrogens with zero attached hydrogens (tertiary/aromatic N) is 1. The normalized spacial score (nSPS) is 32.0. The van der Waals surface area contributed by atoms with Gasteiger partial charge in [-0.25, -0.2) is 4.98 Å². The molecule has 2 saturated carbocycles. The number of nitrogens with two attached hydrogens (primary N) is 2. The first kappa shape index (κ1) is 20.5. The molecule has 6 nitrogen and oxygen atoms in total. The minimum Gasteiger partial charge on any atom is -0.369 e. The third kappa shape index (κ3) is 2.41. The standard InChI is InChI=1S/C24H27BrN4O2/c1-13-14(2)29-19(28-13)9-10-23(20(26)30)17-7-8-18(22(17)11-12-22)24(23,21(27)31)15-3-5-16(25)6-4-15/h3-8,17-18H,9-12H2,1-2H3,(H2,26,30)(H2,27,31)(H,28,29)/t17-,18+,23+,24-/m1/s1. The molecule has 31 heavy (non-hydrogen) atoms. The number of allylic oxidation sites excluding steroid dienone is 2. The highest BCUT2D eigenvalue weighted by molar-refractivity contribution is 9.10. The van der Waals surface area contributed by atoms with Crippen LogP contribution in [0, 0.1) is 36.5 Å². The molecular weight excluding hydrogens is 456 g/mol. The van der Waals surface area contributed by atoms with Crippen molar-refractivity contribution in [2.24, 2.45) is 34.1 Å². The molecule has 4 atom stereocenters. The predicted octanol–water partition coefficient (Wildman–Crippen LogP) is 3.21. The van der Waals surface area contributed by atoms with Gasteiger partial charge in [0.1, 0.15) is 5.82 Å². The van der Waals surface area contributed by atoms with Gasteiger partial charge in [-0.05, 0) is 62.1 Å². The molecule has 0 unspecified atom stereocenters. The van der Waals surface area contributed by atoms with E-state index in [4.69, 9.17) is 11.5 Å². The van der Waals surface area contributed by atoms with Gasteiger partial charge in [0, 0.05) is 22.5 Å². The number of aromatic nitrogens is 2.